The molecule has 1 aromatic heterocycles. The predicted molar refractivity (Wildman–Crippen MR) is 139 cm³/mol. The van der Waals surface area contributed by atoms with Gasteiger partial charge in [-0.15, -0.1) is 0 Å². The Morgan fingerprint density at radius 2 is 1.95 bits per heavy atom. The number of ketones is 1. The van der Waals surface area contributed by atoms with E-state index in [-0.39, 0.29) is 66.7 Å². The lowest BCUT2D eigenvalue weighted by atomic mass is 9.94. The van der Waals surface area contributed by atoms with Gasteiger partial charge in [0.25, 0.3) is 5.91 Å². The fourth-order valence-electron chi connectivity index (χ4n) is 4.33. The summed E-state index contributed by atoms with van der Waals surface area (Å²) >= 11 is 0. The summed E-state index contributed by atoms with van der Waals surface area (Å²) in [5.74, 6) is -2.07. The first kappa shape index (κ1) is 28.8. The normalized spacial score (nSPS) is 27.6. The largest absolute Gasteiger partial charge is 0.457 e. The Kier molecular flexibility index (Phi) is 9.95. The van der Waals surface area contributed by atoms with E-state index in [2.05, 4.69) is 10.3 Å². The van der Waals surface area contributed by atoms with Crippen molar-refractivity contribution in [2.24, 2.45) is 11.8 Å². The summed E-state index contributed by atoms with van der Waals surface area (Å²) in [6.07, 6.45) is 9.48. The van der Waals surface area contributed by atoms with Crippen molar-refractivity contribution in [2.75, 3.05) is 13.1 Å². The van der Waals surface area contributed by atoms with Crippen LogP contribution in [0.2, 0.25) is 0 Å². The smallest absolute Gasteiger partial charge is 0.355 e. The second-order valence-electron chi connectivity index (χ2n) is 9.84. The fraction of sp³-hybridized carbons (Fsp3) is 0.464. The summed E-state index contributed by atoms with van der Waals surface area (Å²) in [4.78, 5) is 56.3. The number of ether oxygens (including phenoxy) is 1. The average molecular weight is 526 g/mol. The maximum atomic E-state index is 13.1. The molecule has 0 spiro atoms. The number of carbonyl (C=O) groups excluding carboxylic acids is 4. The van der Waals surface area contributed by atoms with Gasteiger partial charge in [0.1, 0.15) is 23.8 Å². The van der Waals surface area contributed by atoms with Gasteiger partial charge in [-0.2, -0.15) is 0 Å². The van der Waals surface area contributed by atoms with E-state index in [0.29, 0.717) is 6.42 Å². The molecule has 10 heteroatoms. The number of allylic oxidation sites excluding steroid dienone is 2. The number of nitrogens with zero attached hydrogens (tertiary/aromatic N) is 2. The molecule has 204 valence electrons. The van der Waals surface area contributed by atoms with Crippen LogP contribution in [0.5, 0.6) is 0 Å². The lowest BCUT2D eigenvalue weighted by molar-refractivity contribution is -0.149. The molecular weight excluding hydrogens is 490 g/mol. The number of esters is 1. The highest BCUT2D eigenvalue weighted by Crippen LogP contribution is 2.24. The Balaban J connectivity index is 1.86. The van der Waals surface area contributed by atoms with Crippen molar-refractivity contribution < 1.29 is 33.4 Å². The van der Waals surface area contributed by atoms with E-state index in [1.54, 1.807) is 37.3 Å². The summed E-state index contributed by atoms with van der Waals surface area (Å²) in [6.45, 7) is 8.00. The van der Waals surface area contributed by atoms with Crippen LogP contribution in [0.3, 0.4) is 0 Å². The van der Waals surface area contributed by atoms with Crippen LogP contribution in [0.15, 0.2) is 58.4 Å². The van der Waals surface area contributed by atoms with E-state index >= 15 is 0 Å². The number of fused-ring (bicyclic) bond motifs is 3. The fourth-order valence-corrected chi connectivity index (χ4v) is 4.33. The molecule has 1 aromatic rings. The van der Waals surface area contributed by atoms with Gasteiger partial charge in [0, 0.05) is 25.4 Å². The lowest BCUT2D eigenvalue weighted by Gasteiger charge is -2.27. The highest BCUT2D eigenvalue weighted by Gasteiger charge is 2.33. The molecule has 0 fully saturated rings. The first-order valence-corrected chi connectivity index (χ1v) is 12.7. The minimum absolute atomic E-state index is 0.0315. The number of aromatic nitrogens is 1. The van der Waals surface area contributed by atoms with Gasteiger partial charge in [0.05, 0.1) is 12.5 Å². The number of aliphatic hydroxyl groups is 1. The molecule has 2 N–H and O–H groups in total. The van der Waals surface area contributed by atoms with Crippen LogP contribution in [0.4, 0.5) is 0 Å². The molecule has 10 nitrogen and oxygen atoms in total. The highest BCUT2D eigenvalue weighted by molar-refractivity contribution is 6.00. The van der Waals surface area contributed by atoms with E-state index in [1.807, 2.05) is 20.8 Å². The molecule has 0 saturated heterocycles. The van der Waals surface area contributed by atoms with Crippen LogP contribution in [0.25, 0.3) is 0 Å². The van der Waals surface area contributed by atoms with Crippen molar-refractivity contribution in [1.29, 1.82) is 0 Å². The van der Waals surface area contributed by atoms with Crippen molar-refractivity contribution in [3.8, 4) is 0 Å². The molecule has 2 unspecified atom stereocenters. The molecule has 3 atom stereocenters. The zero-order chi connectivity index (χ0) is 27.8. The Bertz CT molecular complexity index is 1170. The number of oxazole rings is 1. The number of Topliss-reactive ketones (excluding diaryl/α,β-unsaturated/α-hetero) is 1. The quantitative estimate of drug-likeness (QED) is 0.534. The van der Waals surface area contributed by atoms with Crippen molar-refractivity contribution in [2.45, 2.75) is 59.2 Å². The Morgan fingerprint density at radius 1 is 1.18 bits per heavy atom. The second-order valence-corrected chi connectivity index (χ2v) is 9.84. The number of carbonyl (C=O) groups is 4. The number of aliphatic hydroxyl groups excluding tert-OH is 1. The maximum Gasteiger partial charge on any atom is 0.355 e. The summed E-state index contributed by atoms with van der Waals surface area (Å²) in [7, 11) is 0. The Hall–Kier alpha value is -3.79. The molecule has 38 heavy (non-hydrogen) atoms. The Labute approximate surface area is 222 Å². The maximum absolute atomic E-state index is 13.1. The molecule has 3 rings (SSSR count). The number of hydrogen-bond acceptors (Lipinski definition) is 8. The van der Waals surface area contributed by atoms with Crippen molar-refractivity contribution in [3.05, 3.63) is 65.6 Å². The monoisotopic (exact) mass is 525 g/mol. The van der Waals surface area contributed by atoms with Crippen LogP contribution in [-0.2, 0) is 25.5 Å². The van der Waals surface area contributed by atoms with Gasteiger partial charge in [0.15, 0.2) is 5.69 Å². The molecule has 2 aliphatic heterocycles. The SMILES string of the molecule is CC1=C\[C@@H](O)CC(=O)Cc2nc(co2)C(=O)N2CCC=C2C(=O)OC(C(C)C)C(C)/C=C/C(=O)NC\C=C\1. The molecule has 2 bridgehead atoms. The third-order valence-electron chi connectivity index (χ3n) is 6.19. The molecular formula is C28H35N3O7. The standard InChI is InChI=1S/C28H35N3O7/c1-17(2)26-19(4)9-10-24(34)29-11-5-7-18(3)13-20(32)14-21(33)15-25-30-22(16-37-25)27(35)31-12-6-8-23(31)28(36)38-26/h5,7-10,13,16-17,19-20,26,32H,6,11-12,14-15H2,1-4H3,(H,29,34)/b7-5+,10-9+,18-13+/t19?,20-,26?/m1/s1. The number of nitrogens with one attached hydrogen (secondary N) is 1. The van der Waals surface area contributed by atoms with Gasteiger partial charge in [-0.3, -0.25) is 14.4 Å². The van der Waals surface area contributed by atoms with Crippen molar-refractivity contribution in [3.63, 3.8) is 0 Å². The first-order chi connectivity index (χ1) is 18.0. The van der Waals surface area contributed by atoms with Gasteiger partial charge in [-0.25, -0.2) is 9.78 Å². The van der Waals surface area contributed by atoms with Gasteiger partial charge < -0.3 is 24.5 Å². The third kappa shape index (κ3) is 7.85. The molecule has 0 aromatic carbocycles. The van der Waals surface area contributed by atoms with E-state index < -0.39 is 24.1 Å². The van der Waals surface area contributed by atoms with Gasteiger partial charge in [-0.1, -0.05) is 56.7 Å². The Morgan fingerprint density at radius 3 is 2.68 bits per heavy atom. The number of amides is 2. The van der Waals surface area contributed by atoms with Crippen LogP contribution in [-0.4, -0.2) is 63.9 Å². The lowest BCUT2D eigenvalue weighted by Crippen LogP contribution is -2.36. The van der Waals surface area contributed by atoms with Crippen molar-refractivity contribution in [1.82, 2.24) is 15.2 Å². The predicted octanol–water partition coefficient (Wildman–Crippen LogP) is 2.66. The average Bonchev–Trinajstić information content (AvgIpc) is 3.52. The zero-order valence-electron chi connectivity index (χ0n) is 22.2. The van der Waals surface area contributed by atoms with Crippen LogP contribution in [0, 0.1) is 11.8 Å². The number of hydrogen-bond donors (Lipinski definition) is 2. The molecule has 2 aliphatic rings. The van der Waals surface area contributed by atoms with Crippen LogP contribution < -0.4 is 5.32 Å². The highest BCUT2D eigenvalue weighted by atomic mass is 16.5. The van der Waals surface area contributed by atoms with E-state index in [9.17, 15) is 24.3 Å². The minimum atomic E-state index is -1.01. The van der Waals surface area contributed by atoms with Crippen LogP contribution in [0.1, 0.15) is 56.9 Å². The summed E-state index contributed by atoms with van der Waals surface area (Å²) in [5, 5.41) is 13.0. The molecule has 0 aliphatic carbocycles. The van der Waals surface area contributed by atoms with Gasteiger partial charge in [0.2, 0.25) is 11.8 Å². The molecule has 3 heterocycles. The molecule has 0 radical (unpaired) electrons. The molecule has 2 amide bonds. The third-order valence-corrected chi connectivity index (χ3v) is 6.19. The summed E-state index contributed by atoms with van der Waals surface area (Å²) in [6, 6.07) is 0. The first-order valence-electron chi connectivity index (χ1n) is 12.7. The van der Waals surface area contributed by atoms with Crippen molar-refractivity contribution >= 4 is 23.6 Å². The second kappa shape index (κ2) is 13.1. The zero-order valence-corrected chi connectivity index (χ0v) is 22.2. The minimum Gasteiger partial charge on any atom is -0.457 e. The van der Waals surface area contributed by atoms with Gasteiger partial charge in [-0.05, 0) is 25.3 Å². The van der Waals surface area contributed by atoms with E-state index in [4.69, 9.17) is 9.15 Å². The van der Waals surface area contributed by atoms with E-state index in [0.717, 1.165) is 11.8 Å². The van der Waals surface area contributed by atoms with Gasteiger partial charge >= 0.3 is 5.97 Å². The topological polar surface area (TPSA) is 139 Å². The summed E-state index contributed by atoms with van der Waals surface area (Å²) in [5.41, 5.74) is 0.809. The number of rotatable bonds is 1. The molecule has 0 saturated carbocycles. The van der Waals surface area contributed by atoms with Crippen LogP contribution >= 0.6 is 0 Å². The number of cyclic esters (lactones) is 1. The van der Waals surface area contributed by atoms with E-state index in [1.165, 1.54) is 11.0 Å². The summed E-state index contributed by atoms with van der Waals surface area (Å²) < 4.78 is 11.1.